The molecule has 0 bridgehead atoms. The Labute approximate surface area is 186 Å². The molecule has 4 nitrogen and oxygen atoms in total. The standard InChI is InChI=1S/C18H19F3N3OS.U/c1-12-17(2,3)23(8-4-5-9-25)16(26)24(12)14-7-6-13(11-22)15(10-14)18(19,20)21;/h1,6-7,10,25H,4-5,8-9H2,2-3H3;/q-1;. The van der Waals surface area contributed by atoms with E-state index in [-0.39, 0.29) is 43.4 Å². The average molecular weight is 620 g/mol. The van der Waals surface area contributed by atoms with Crippen molar-refractivity contribution in [3.8, 4) is 6.07 Å². The molecule has 2 rings (SSSR count). The fraction of sp³-hybridized carbons (Fsp3) is 0.444. The van der Waals surface area contributed by atoms with E-state index < -0.39 is 22.8 Å². The van der Waals surface area contributed by atoms with Gasteiger partial charge in [0.1, 0.15) is 0 Å². The molecule has 1 fully saturated rings. The average Bonchev–Trinajstić information content (AvgIpc) is 2.73. The summed E-state index contributed by atoms with van der Waals surface area (Å²) in [5, 5.41) is 18.2. The molecule has 27 heavy (non-hydrogen) atoms. The van der Waals surface area contributed by atoms with E-state index in [0.717, 1.165) is 12.1 Å². The van der Waals surface area contributed by atoms with Crippen molar-refractivity contribution >= 4 is 23.0 Å². The van der Waals surface area contributed by atoms with E-state index in [2.05, 4.69) is 0 Å². The van der Waals surface area contributed by atoms with Crippen LogP contribution in [0.5, 0.6) is 0 Å². The van der Waals surface area contributed by atoms with Gasteiger partial charge in [0.15, 0.2) is 5.11 Å². The van der Waals surface area contributed by atoms with Crippen molar-refractivity contribution in [3.05, 3.63) is 41.6 Å². The molecule has 1 N–H and O–H groups in total. The minimum atomic E-state index is -4.66. The van der Waals surface area contributed by atoms with E-state index in [9.17, 15) is 13.2 Å². The van der Waals surface area contributed by atoms with Crippen molar-refractivity contribution in [3.63, 3.8) is 0 Å². The van der Waals surface area contributed by atoms with Gasteiger partial charge in [-0.05, 0) is 57.1 Å². The first-order valence-corrected chi connectivity index (χ1v) is 8.43. The van der Waals surface area contributed by atoms with E-state index in [0.29, 0.717) is 30.2 Å². The molecule has 9 heteroatoms. The number of unbranched alkanes of at least 4 members (excludes halogenated alkanes) is 1. The largest absolute Gasteiger partial charge is 0.490 e. The van der Waals surface area contributed by atoms with Crippen LogP contribution in [0, 0.1) is 49.0 Å². The van der Waals surface area contributed by atoms with Crippen LogP contribution in [0.2, 0.25) is 0 Å². The number of hydrogen-bond donors (Lipinski definition) is 1. The van der Waals surface area contributed by atoms with E-state index in [1.54, 1.807) is 6.07 Å². The van der Waals surface area contributed by atoms with Crippen molar-refractivity contribution in [1.29, 1.82) is 5.26 Å². The summed E-state index contributed by atoms with van der Waals surface area (Å²) in [5.74, 6) is 0. The Morgan fingerprint density at radius 3 is 2.44 bits per heavy atom. The molecule has 0 amide bonds. The molecule has 1 aliphatic heterocycles. The van der Waals surface area contributed by atoms with Gasteiger partial charge < -0.3 is 21.5 Å². The second kappa shape index (κ2) is 8.96. The summed E-state index contributed by atoms with van der Waals surface area (Å²) >= 11 is 5.46. The number of anilines is 1. The molecule has 0 spiro atoms. The maximum Gasteiger partial charge on any atom is 0.417 e. The Morgan fingerprint density at radius 2 is 1.93 bits per heavy atom. The smallest absolute Gasteiger partial charge is 0.417 e. The molecule has 0 aromatic heterocycles. The van der Waals surface area contributed by atoms with Crippen molar-refractivity contribution in [2.45, 2.75) is 38.4 Å². The van der Waals surface area contributed by atoms with Gasteiger partial charge in [0.25, 0.3) is 0 Å². The van der Waals surface area contributed by atoms with Crippen LogP contribution in [0.3, 0.4) is 0 Å². The monoisotopic (exact) mass is 620 g/mol. The van der Waals surface area contributed by atoms with Gasteiger partial charge in [-0.1, -0.05) is 0 Å². The molecular weight excluding hydrogens is 601 g/mol. The third kappa shape index (κ3) is 4.68. The molecular formula is C18H19F3N3OSU-. The summed E-state index contributed by atoms with van der Waals surface area (Å²) in [6, 6.07) is 4.98. The van der Waals surface area contributed by atoms with Crippen LogP contribution in [0.4, 0.5) is 18.9 Å². The number of alkyl halides is 3. The van der Waals surface area contributed by atoms with Crippen LogP contribution in [0.1, 0.15) is 37.8 Å². The Kier molecular flexibility index (Phi) is 7.96. The predicted octanol–water partition coefficient (Wildman–Crippen LogP) is 3.85. The van der Waals surface area contributed by atoms with E-state index in [1.807, 2.05) is 18.7 Å². The van der Waals surface area contributed by atoms with Crippen LogP contribution in [-0.4, -0.2) is 33.8 Å². The Hall–Kier alpha value is -1.06. The number of rotatable bonds is 5. The van der Waals surface area contributed by atoms with E-state index >= 15 is 0 Å². The van der Waals surface area contributed by atoms with Gasteiger partial charge in [0, 0.05) is 55.5 Å². The second-order valence-electron chi connectivity index (χ2n) is 6.48. The summed E-state index contributed by atoms with van der Waals surface area (Å²) in [6.07, 6.45) is -3.40. The van der Waals surface area contributed by atoms with Crippen LogP contribution in [-0.2, 0) is 6.18 Å². The van der Waals surface area contributed by atoms with Gasteiger partial charge in [0.05, 0.1) is 17.2 Å². The fourth-order valence-corrected chi connectivity index (χ4v) is 3.41. The van der Waals surface area contributed by atoms with Crippen LogP contribution in [0.15, 0.2) is 23.9 Å². The van der Waals surface area contributed by atoms with Gasteiger partial charge in [0.2, 0.25) is 0 Å². The van der Waals surface area contributed by atoms with Gasteiger partial charge in [-0.3, -0.25) is 0 Å². The van der Waals surface area contributed by atoms with Crippen LogP contribution < -0.4 is 4.90 Å². The molecule has 144 valence electrons. The summed E-state index contributed by atoms with van der Waals surface area (Å²) in [6.45, 7) is 10.5. The van der Waals surface area contributed by atoms with Crippen LogP contribution in [0.25, 0.3) is 0 Å². The van der Waals surface area contributed by atoms with Gasteiger partial charge in [-0.25, -0.2) is 0 Å². The summed E-state index contributed by atoms with van der Waals surface area (Å²) in [5.41, 5.74) is -1.69. The number of benzene rings is 1. The third-order valence-corrected chi connectivity index (χ3v) is 4.84. The molecule has 1 heterocycles. The molecule has 0 radical (unpaired) electrons. The third-order valence-electron chi connectivity index (χ3n) is 4.44. The number of thiocarbonyl (C=S) groups is 1. The molecule has 0 atom stereocenters. The zero-order valence-corrected chi connectivity index (χ0v) is 19.9. The van der Waals surface area contributed by atoms with Crippen molar-refractivity contribution in [2.24, 2.45) is 0 Å². The number of hydrogen-bond acceptors (Lipinski definition) is 3. The van der Waals surface area contributed by atoms with Crippen LogP contribution >= 0.6 is 12.2 Å². The number of nitrogens with zero attached hydrogens (tertiary/aromatic N) is 3. The van der Waals surface area contributed by atoms with E-state index in [4.69, 9.17) is 29.2 Å². The Balaban J connectivity index is 0.00000364. The molecule has 1 aromatic rings. The summed E-state index contributed by atoms with van der Waals surface area (Å²) in [7, 11) is 0. The molecule has 0 aliphatic carbocycles. The Bertz CT molecular complexity index is 774. The van der Waals surface area contributed by atoms with Crippen molar-refractivity contribution in [1.82, 2.24) is 4.90 Å². The topological polar surface area (TPSA) is 50.5 Å². The first-order chi connectivity index (χ1) is 12.1. The fourth-order valence-electron chi connectivity index (χ4n) is 2.88. The molecule has 0 saturated carbocycles. The molecule has 1 saturated heterocycles. The van der Waals surface area contributed by atoms with Gasteiger partial charge >= 0.3 is 6.18 Å². The zero-order chi connectivity index (χ0) is 19.7. The minimum Gasteiger partial charge on any atom is -0.490 e. The summed E-state index contributed by atoms with van der Waals surface area (Å²) in [4.78, 5) is 3.24. The zero-order valence-electron chi connectivity index (χ0n) is 15.0. The number of nitriles is 1. The number of aliphatic hydroxyl groups excluding tert-OH is 1. The first-order valence-electron chi connectivity index (χ1n) is 8.02. The normalized spacial score (nSPS) is 16.3. The number of aliphatic hydroxyl groups is 1. The second-order valence-corrected chi connectivity index (χ2v) is 6.85. The number of halogens is 3. The molecule has 1 aromatic carbocycles. The SMILES string of the molecule is [CH-]=C1N(c2ccc(C#N)c(C(F)(F)F)c2)C(=S)N(CCCCO)C1(C)C.[U]. The molecule has 0 unspecified atom stereocenters. The quantitative estimate of drug-likeness (QED) is 0.308. The minimum absolute atomic E-state index is 0. The predicted molar refractivity (Wildman–Crippen MR) is 96.2 cm³/mol. The van der Waals surface area contributed by atoms with Crippen molar-refractivity contribution in [2.75, 3.05) is 18.1 Å². The summed E-state index contributed by atoms with van der Waals surface area (Å²) < 4.78 is 39.8. The van der Waals surface area contributed by atoms with Gasteiger partial charge in [-0.2, -0.15) is 18.4 Å². The van der Waals surface area contributed by atoms with Crippen molar-refractivity contribution < 1.29 is 49.4 Å². The maximum atomic E-state index is 13.3. The Morgan fingerprint density at radius 1 is 1.30 bits per heavy atom. The molecule has 1 aliphatic rings. The maximum absolute atomic E-state index is 13.3. The van der Waals surface area contributed by atoms with E-state index in [1.165, 1.54) is 11.0 Å². The first kappa shape index (κ1) is 24.0. The van der Waals surface area contributed by atoms with Gasteiger partial charge in [-0.15, -0.1) is 5.70 Å².